The topological polar surface area (TPSA) is 76.3 Å². The highest BCUT2D eigenvalue weighted by atomic mass is 16.2. The number of carbonyl (C=O) groups excluding carboxylic acids is 1. The summed E-state index contributed by atoms with van der Waals surface area (Å²) in [7, 11) is 1.52. The fraction of sp³-hybridized carbons (Fsp3) is 0.200. The summed E-state index contributed by atoms with van der Waals surface area (Å²) < 4.78 is 1.16. The van der Waals surface area contributed by atoms with Crippen molar-refractivity contribution in [3.05, 3.63) is 74.7 Å². The Bertz CT molecular complexity index is 1070. The Morgan fingerprint density at radius 1 is 1.12 bits per heavy atom. The van der Waals surface area contributed by atoms with Gasteiger partial charge in [0.15, 0.2) is 5.69 Å². The second kappa shape index (κ2) is 6.92. The average Bonchev–Trinajstić information content (AvgIpc) is 2.60. The number of aryl methyl sites for hydroxylation is 4. The van der Waals surface area contributed by atoms with E-state index in [9.17, 15) is 9.59 Å². The van der Waals surface area contributed by atoms with Gasteiger partial charge in [0.1, 0.15) is 0 Å². The van der Waals surface area contributed by atoms with Crippen LogP contribution in [0.1, 0.15) is 32.7 Å². The molecule has 132 valence electrons. The maximum absolute atomic E-state index is 12.5. The molecule has 0 saturated carbocycles. The molecule has 0 spiro atoms. The Morgan fingerprint density at radius 2 is 1.73 bits per heavy atom. The minimum atomic E-state index is -0.463. The SMILES string of the molecule is Cc1cc(C)c(/C=N\NC(=O)c2nn(C)c(=O)c3ccccc23)c(C)c1. The molecular formula is C20H20N4O2. The first-order valence-corrected chi connectivity index (χ1v) is 8.26. The lowest BCUT2D eigenvalue weighted by Gasteiger charge is -2.08. The van der Waals surface area contributed by atoms with Gasteiger partial charge in [-0.25, -0.2) is 10.1 Å². The number of rotatable bonds is 3. The van der Waals surface area contributed by atoms with Crippen molar-refractivity contribution in [2.24, 2.45) is 12.1 Å². The van der Waals surface area contributed by atoms with Gasteiger partial charge < -0.3 is 0 Å². The van der Waals surface area contributed by atoms with E-state index in [0.29, 0.717) is 10.8 Å². The predicted octanol–water partition coefficient (Wildman–Crippen LogP) is 2.62. The third-order valence-electron chi connectivity index (χ3n) is 4.27. The average molecular weight is 348 g/mol. The number of hydrazone groups is 1. The highest BCUT2D eigenvalue weighted by Crippen LogP contribution is 2.15. The van der Waals surface area contributed by atoms with Crippen LogP contribution in [0.15, 0.2) is 46.3 Å². The third-order valence-corrected chi connectivity index (χ3v) is 4.27. The zero-order valence-corrected chi connectivity index (χ0v) is 15.2. The molecule has 0 saturated heterocycles. The largest absolute Gasteiger partial charge is 0.292 e. The van der Waals surface area contributed by atoms with Crippen LogP contribution in [0.5, 0.6) is 0 Å². The summed E-state index contributed by atoms with van der Waals surface area (Å²) in [5.41, 5.74) is 6.76. The second-order valence-electron chi connectivity index (χ2n) is 6.33. The quantitative estimate of drug-likeness (QED) is 0.584. The van der Waals surface area contributed by atoms with Gasteiger partial charge in [-0.1, -0.05) is 35.9 Å². The molecule has 0 aliphatic carbocycles. The molecule has 0 radical (unpaired) electrons. The molecule has 0 atom stereocenters. The first-order valence-electron chi connectivity index (χ1n) is 8.26. The zero-order chi connectivity index (χ0) is 18.8. The lowest BCUT2D eigenvalue weighted by Crippen LogP contribution is -2.27. The summed E-state index contributed by atoms with van der Waals surface area (Å²) in [6.07, 6.45) is 1.63. The van der Waals surface area contributed by atoms with E-state index >= 15 is 0 Å². The smallest absolute Gasteiger partial charge is 0.267 e. The van der Waals surface area contributed by atoms with E-state index in [1.54, 1.807) is 30.5 Å². The van der Waals surface area contributed by atoms with Gasteiger partial charge in [-0.3, -0.25) is 9.59 Å². The first-order chi connectivity index (χ1) is 12.4. The molecule has 0 aliphatic heterocycles. The van der Waals surface area contributed by atoms with Crippen LogP contribution in [0, 0.1) is 20.8 Å². The van der Waals surface area contributed by atoms with Crippen molar-refractivity contribution in [1.29, 1.82) is 0 Å². The maximum Gasteiger partial charge on any atom is 0.292 e. The normalized spacial score (nSPS) is 11.2. The summed E-state index contributed by atoms with van der Waals surface area (Å²) in [6, 6.07) is 11.0. The molecule has 1 heterocycles. The van der Waals surface area contributed by atoms with Crippen molar-refractivity contribution in [3.63, 3.8) is 0 Å². The zero-order valence-electron chi connectivity index (χ0n) is 15.2. The van der Waals surface area contributed by atoms with Crippen LogP contribution in [-0.2, 0) is 7.05 Å². The van der Waals surface area contributed by atoms with E-state index in [4.69, 9.17) is 0 Å². The van der Waals surface area contributed by atoms with E-state index in [0.717, 1.165) is 21.4 Å². The Morgan fingerprint density at radius 3 is 2.38 bits per heavy atom. The molecule has 1 aromatic heterocycles. The molecule has 1 N–H and O–H groups in total. The number of carbonyl (C=O) groups is 1. The van der Waals surface area contributed by atoms with Crippen LogP contribution < -0.4 is 11.0 Å². The standard InChI is InChI=1S/C20H20N4O2/c1-12-9-13(2)17(14(3)10-12)11-21-22-19(25)18-15-7-5-6-8-16(15)20(26)24(4)23-18/h5-11H,1-4H3,(H,22,25)/b21-11-. The minimum Gasteiger partial charge on any atom is -0.267 e. The van der Waals surface area contributed by atoms with E-state index < -0.39 is 5.91 Å². The van der Waals surface area contributed by atoms with Crippen LogP contribution in [0.2, 0.25) is 0 Å². The van der Waals surface area contributed by atoms with E-state index in [2.05, 4.69) is 27.8 Å². The van der Waals surface area contributed by atoms with Gasteiger partial charge in [-0.05, 0) is 38.0 Å². The lowest BCUT2D eigenvalue weighted by atomic mass is 10.0. The van der Waals surface area contributed by atoms with Gasteiger partial charge in [-0.15, -0.1) is 0 Å². The van der Waals surface area contributed by atoms with Crippen molar-refractivity contribution in [1.82, 2.24) is 15.2 Å². The summed E-state index contributed by atoms with van der Waals surface area (Å²) in [4.78, 5) is 24.7. The van der Waals surface area contributed by atoms with Crippen LogP contribution >= 0.6 is 0 Å². The molecule has 6 heteroatoms. The van der Waals surface area contributed by atoms with Gasteiger partial charge in [0, 0.05) is 18.0 Å². The molecule has 0 bridgehead atoms. The monoisotopic (exact) mass is 348 g/mol. The van der Waals surface area contributed by atoms with Crippen LogP contribution in [-0.4, -0.2) is 21.9 Å². The number of nitrogens with zero attached hydrogens (tertiary/aromatic N) is 3. The molecule has 0 aliphatic rings. The number of nitrogens with one attached hydrogen (secondary N) is 1. The van der Waals surface area contributed by atoms with Gasteiger partial charge in [-0.2, -0.15) is 10.2 Å². The molecule has 0 unspecified atom stereocenters. The summed E-state index contributed by atoms with van der Waals surface area (Å²) in [5, 5.41) is 9.12. The number of aromatic nitrogens is 2. The Labute approximate surface area is 151 Å². The number of benzene rings is 2. The van der Waals surface area contributed by atoms with E-state index in [1.165, 1.54) is 12.6 Å². The van der Waals surface area contributed by atoms with Crippen LogP contribution in [0.25, 0.3) is 10.8 Å². The number of fused-ring (bicyclic) bond motifs is 1. The van der Waals surface area contributed by atoms with Crippen molar-refractivity contribution >= 4 is 22.9 Å². The molecule has 0 fully saturated rings. The lowest BCUT2D eigenvalue weighted by molar-refractivity contribution is 0.0950. The number of amides is 1. The van der Waals surface area contributed by atoms with Crippen molar-refractivity contribution in [2.45, 2.75) is 20.8 Å². The van der Waals surface area contributed by atoms with Crippen LogP contribution in [0.3, 0.4) is 0 Å². The van der Waals surface area contributed by atoms with Crippen molar-refractivity contribution in [3.8, 4) is 0 Å². The Hall–Kier alpha value is -3.28. The summed E-state index contributed by atoms with van der Waals surface area (Å²) in [5.74, 6) is -0.463. The van der Waals surface area contributed by atoms with Crippen molar-refractivity contribution in [2.75, 3.05) is 0 Å². The van der Waals surface area contributed by atoms with Gasteiger partial charge in [0.25, 0.3) is 11.5 Å². The van der Waals surface area contributed by atoms with Gasteiger partial charge in [0.2, 0.25) is 0 Å². The highest BCUT2D eigenvalue weighted by molar-refractivity contribution is 6.05. The first kappa shape index (κ1) is 17.5. The second-order valence-corrected chi connectivity index (χ2v) is 6.33. The molecule has 1 amide bonds. The molecule has 26 heavy (non-hydrogen) atoms. The molecule has 6 nitrogen and oxygen atoms in total. The predicted molar refractivity (Wildman–Crippen MR) is 103 cm³/mol. The molecule has 3 aromatic rings. The molecule has 2 aromatic carbocycles. The maximum atomic E-state index is 12.5. The van der Waals surface area contributed by atoms with Crippen molar-refractivity contribution < 1.29 is 4.79 Å². The summed E-state index contributed by atoms with van der Waals surface area (Å²) >= 11 is 0. The summed E-state index contributed by atoms with van der Waals surface area (Å²) in [6.45, 7) is 6.05. The van der Waals surface area contributed by atoms with Crippen LogP contribution in [0.4, 0.5) is 0 Å². The molecular weight excluding hydrogens is 328 g/mol. The number of hydrogen-bond donors (Lipinski definition) is 1. The Kier molecular flexibility index (Phi) is 4.67. The number of hydrogen-bond acceptors (Lipinski definition) is 4. The van der Waals surface area contributed by atoms with E-state index in [1.807, 2.05) is 20.8 Å². The third kappa shape index (κ3) is 3.26. The van der Waals surface area contributed by atoms with Gasteiger partial charge >= 0.3 is 0 Å². The fourth-order valence-corrected chi connectivity index (χ4v) is 3.07. The van der Waals surface area contributed by atoms with Gasteiger partial charge in [0.05, 0.1) is 11.6 Å². The van der Waals surface area contributed by atoms with E-state index in [-0.39, 0.29) is 11.3 Å². The highest BCUT2D eigenvalue weighted by Gasteiger charge is 2.15. The fourth-order valence-electron chi connectivity index (χ4n) is 3.07. The molecule has 3 rings (SSSR count). The minimum absolute atomic E-state index is 0.164. The Balaban J connectivity index is 1.92.